The molecule has 1 aromatic heterocycles. The Morgan fingerprint density at radius 3 is 2.65 bits per heavy atom. The van der Waals surface area contributed by atoms with Crippen molar-refractivity contribution in [2.24, 2.45) is 11.8 Å². The van der Waals surface area contributed by atoms with Crippen LogP contribution in [-0.2, 0) is 39.4 Å². The van der Waals surface area contributed by atoms with Gasteiger partial charge in [-0.1, -0.05) is 42.5 Å². The molecule has 3 aliphatic rings. The lowest BCUT2D eigenvalue weighted by Crippen LogP contribution is -2.45. The molecule has 3 aromatic rings. The van der Waals surface area contributed by atoms with E-state index >= 15 is 4.39 Å². The standard InChI is InChI=1S/C33H40FN5O4/c1-22-30(32(2,3)34)28(14-17-37-21-24(15-18-40)35-36-37)43-33(22)26-19-25(38-16-8-7-11-29(38)41)12-13-27(26)39(31(33)42)20-23-9-5-4-6-10-23/h4-6,9-10,12-13,19,21-22,28,30,40H,7-8,11,14-18,20H2,1-3H3/t22-,28+,30-,33+/m1/s1. The van der Waals surface area contributed by atoms with Crippen molar-refractivity contribution < 1.29 is 23.8 Å². The summed E-state index contributed by atoms with van der Waals surface area (Å²) in [6, 6.07) is 15.6. The Kier molecular flexibility index (Phi) is 7.85. The van der Waals surface area contributed by atoms with Crippen molar-refractivity contribution in [1.82, 2.24) is 15.0 Å². The van der Waals surface area contributed by atoms with Crippen molar-refractivity contribution >= 4 is 23.2 Å². The third kappa shape index (κ3) is 5.25. The number of halogens is 1. The quantitative estimate of drug-likeness (QED) is 0.393. The van der Waals surface area contributed by atoms with Gasteiger partial charge in [-0.25, -0.2) is 4.39 Å². The minimum atomic E-state index is -1.63. The van der Waals surface area contributed by atoms with Crippen LogP contribution in [0, 0.1) is 11.8 Å². The minimum absolute atomic E-state index is 0.0193. The maximum Gasteiger partial charge on any atom is 0.264 e. The van der Waals surface area contributed by atoms with Gasteiger partial charge in [0.25, 0.3) is 5.91 Å². The van der Waals surface area contributed by atoms with Crippen molar-refractivity contribution in [3.63, 3.8) is 0 Å². The number of nitrogens with zero attached hydrogens (tertiary/aromatic N) is 5. The molecule has 43 heavy (non-hydrogen) atoms. The molecule has 228 valence electrons. The summed E-state index contributed by atoms with van der Waals surface area (Å²) in [7, 11) is 0. The molecule has 2 saturated heterocycles. The van der Waals surface area contributed by atoms with Crippen LogP contribution in [0.15, 0.2) is 54.7 Å². The van der Waals surface area contributed by atoms with E-state index in [0.29, 0.717) is 50.2 Å². The highest BCUT2D eigenvalue weighted by Crippen LogP contribution is 2.59. The maximum atomic E-state index is 16.1. The number of alkyl halides is 1. The number of aryl methyl sites for hydroxylation is 1. The number of aromatic nitrogens is 3. The van der Waals surface area contributed by atoms with E-state index in [1.165, 1.54) is 0 Å². The molecule has 3 aliphatic heterocycles. The Bertz CT molecular complexity index is 1490. The predicted octanol–water partition coefficient (Wildman–Crippen LogP) is 4.56. The molecule has 2 fully saturated rings. The number of piperidine rings is 1. The number of anilines is 2. The number of carbonyl (C=O) groups is 2. The summed E-state index contributed by atoms with van der Waals surface area (Å²) in [5.41, 5.74) is 0.788. The molecule has 6 rings (SSSR count). The van der Waals surface area contributed by atoms with Gasteiger partial charge in [0.15, 0.2) is 5.60 Å². The summed E-state index contributed by atoms with van der Waals surface area (Å²) in [4.78, 5) is 31.1. The first-order valence-corrected chi connectivity index (χ1v) is 15.3. The van der Waals surface area contributed by atoms with Crippen molar-refractivity contribution in [2.75, 3.05) is 23.0 Å². The zero-order chi connectivity index (χ0) is 30.4. The molecular formula is C33H40FN5O4. The van der Waals surface area contributed by atoms with Gasteiger partial charge in [0.2, 0.25) is 5.91 Å². The smallest absolute Gasteiger partial charge is 0.264 e. The molecule has 4 heterocycles. The fourth-order valence-corrected chi connectivity index (χ4v) is 7.41. The lowest BCUT2D eigenvalue weighted by Gasteiger charge is -2.33. The number of carbonyl (C=O) groups excluding carboxylic acids is 2. The highest BCUT2D eigenvalue weighted by molar-refractivity contribution is 6.08. The Morgan fingerprint density at radius 1 is 1.14 bits per heavy atom. The Labute approximate surface area is 251 Å². The number of ether oxygens (including phenoxy) is 1. The lowest BCUT2D eigenvalue weighted by atomic mass is 9.71. The van der Waals surface area contributed by atoms with Crippen LogP contribution in [0.3, 0.4) is 0 Å². The van der Waals surface area contributed by atoms with Gasteiger partial charge in [0, 0.05) is 61.8 Å². The van der Waals surface area contributed by atoms with Crippen molar-refractivity contribution in [3.8, 4) is 0 Å². The first-order chi connectivity index (χ1) is 20.6. The number of aliphatic hydroxyl groups excluding tert-OH is 1. The fourth-order valence-electron chi connectivity index (χ4n) is 7.41. The molecule has 0 bridgehead atoms. The number of hydrogen-bond acceptors (Lipinski definition) is 6. The summed E-state index contributed by atoms with van der Waals surface area (Å²) >= 11 is 0. The number of hydrogen-bond donors (Lipinski definition) is 1. The van der Waals surface area contributed by atoms with E-state index < -0.39 is 29.2 Å². The van der Waals surface area contributed by atoms with E-state index in [0.717, 1.165) is 29.8 Å². The first kappa shape index (κ1) is 29.4. The van der Waals surface area contributed by atoms with Crippen LogP contribution in [0.4, 0.5) is 15.8 Å². The second kappa shape index (κ2) is 11.5. The summed E-state index contributed by atoms with van der Waals surface area (Å²) in [6.45, 7) is 6.43. The fraction of sp³-hybridized carbons (Fsp3) is 0.515. The van der Waals surface area contributed by atoms with Gasteiger partial charge in [0.05, 0.1) is 24.0 Å². The molecule has 9 nitrogen and oxygen atoms in total. The third-order valence-electron chi connectivity index (χ3n) is 9.36. The zero-order valence-electron chi connectivity index (χ0n) is 25.1. The van der Waals surface area contributed by atoms with E-state index in [-0.39, 0.29) is 18.4 Å². The molecule has 2 aromatic carbocycles. The number of aliphatic hydroxyl groups is 1. The summed E-state index contributed by atoms with van der Waals surface area (Å²) in [5, 5.41) is 17.5. The third-order valence-corrected chi connectivity index (χ3v) is 9.36. The van der Waals surface area contributed by atoms with Crippen LogP contribution in [0.25, 0.3) is 0 Å². The van der Waals surface area contributed by atoms with Crippen LogP contribution >= 0.6 is 0 Å². The van der Waals surface area contributed by atoms with Gasteiger partial charge in [0.1, 0.15) is 5.67 Å². The Balaban J connectivity index is 1.40. The van der Waals surface area contributed by atoms with E-state index in [1.54, 1.807) is 34.5 Å². The van der Waals surface area contributed by atoms with Crippen molar-refractivity contribution in [3.05, 3.63) is 71.5 Å². The normalized spacial score (nSPS) is 25.7. The molecule has 0 aliphatic carbocycles. The highest BCUT2D eigenvalue weighted by Gasteiger charge is 2.66. The summed E-state index contributed by atoms with van der Waals surface area (Å²) in [5.74, 6) is -1.21. The maximum absolute atomic E-state index is 16.1. The molecule has 0 unspecified atom stereocenters. The summed E-state index contributed by atoms with van der Waals surface area (Å²) < 4.78 is 24.7. The molecule has 1 N–H and O–H groups in total. The van der Waals surface area contributed by atoms with Crippen LogP contribution in [0.1, 0.15) is 63.3 Å². The van der Waals surface area contributed by atoms with Crippen LogP contribution < -0.4 is 9.80 Å². The Hall–Kier alpha value is -3.63. The van der Waals surface area contributed by atoms with E-state index in [4.69, 9.17) is 4.74 Å². The molecule has 4 atom stereocenters. The minimum Gasteiger partial charge on any atom is -0.396 e. The van der Waals surface area contributed by atoms with E-state index in [2.05, 4.69) is 10.3 Å². The largest absolute Gasteiger partial charge is 0.396 e. The van der Waals surface area contributed by atoms with Crippen LogP contribution in [0.2, 0.25) is 0 Å². The molecule has 2 amide bonds. The predicted molar refractivity (Wildman–Crippen MR) is 160 cm³/mol. The molecular weight excluding hydrogens is 549 g/mol. The van der Waals surface area contributed by atoms with Crippen LogP contribution in [0.5, 0.6) is 0 Å². The van der Waals surface area contributed by atoms with Gasteiger partial charge in [-0.3, -0.25) is 14.3 Å². The first-order valence-electron chi connectivity index (χ1n) is 15.3. The topological polar surface area (TPSA) is 101 Å². The second-order valence-electron chi connectivity index (χ2n) is 12.6. The van der Waals surface area contributed by atoms with Gasteiger partial charge >= 0.3 is 0 Å². The summed E-state index contributed by atoms with van der Waals surface area (Å²) in [6.07, 6.45) is 4.32. The second-order valence-corrected chi connectivity index (χ2v) is 12.6. The molecule has 10 heteroatoms. The average Bonchev–Trinajstić information content (AvgIpc) is 3.63. The number of fused-ring (bicyclic) bond motifs is 2. The van der Waals surface area contributed by atoms with E-state index in [1.807, 2.05) is 55.5 Å². The van der Waals surface area contributed by atoms with Gasteiger partial charge in [-0.2, -0.15) is 0 Å². The number of rotatable bonds is 9. The van der Waals surface area contributed by atoms with Gasteiger partial charge < -0.3 is 19.6 Å². The van der Waals surface area contributed by atoms with Gasteiger partial charge in [-0.15, -0.1) is 5.10 Å². The van der Waals surface area contributed by atoms with Crippen molar-refractivity contribution in [1.29, 1.82) is 0 Å². The van der Waals surface area contributed by atoms with Crippen molar-refractivity contribution in [2.45, 2.75) is 83.3 Å². The molecule has 0 saturated carbocycles. The zero-order valence-corrected chi connectivity index (χ0v) is 25.1. The van der Waals surface area contributed by atoms with E-state index in [9.17, 15) is 14.7 Å². The van der Waals surface area contributed by atoms with Crippen LogP contribution in [-0.4, -0.2) is 56.8 Å². The SMILES string of the molecule is C[C@@H]1[C@@H](C(C)(C)F)[C@H](CCn2cc(CCO)nn2)O[C@@]12C(=O)N(Cc1ccccc1)c1ccc(N3CCCCC3=O)cc12. The highest BCUT2D eigenvalue weighted by atomic mass is 19.1. The number of benzene rings is 2. The molecule has 1 spiro atoms. The number of amides is 2. The monoisotopic (exact) mass is 589 g/mol. The average molecular weight is 590 g/mol. The lowest BCUT2D eigenvalue weighted by molar-refractivity contribution is -0.146. The Morgan fingerprint density at radius 2 is 1.93 bits per heavy atom. The van der Waals surface area contributed by atoms with Gasteiger partial charge in [-0.05, 0) is 56.9 Å². The molecule has 0 radical (unpaired) electrons.